The van der Waals surface area contributed by atoms with Crippen molar-refractivity contribution in [3.05, 3.63) is 36.4 Å². The summed E-state index contributed by atoms with van der Waals surface area (Å²) in [7, 11) is -5.76. The lowest BCUT2D eigenvalue weighted by Gasteiger charge is -2.18. The van der Waals surface area contributed by atoms with E-state index in [9.17, 15) is 18.0 Å². The fourth-order valence-electron chi connectivity index (χ4n) is 2.78. The number of ether oxygens (including phenoxy) is 2. The number of alkyl halides is 3. The Bertz CT molecular complexity index is 1020. The zero-order valence-electron chi connectivity index (χ0n) is 17.2. The quantitative estimate of drug-likeness (QED) is 0.198. The predicted molar refractivity (Wildman–Crippen MR) is 111 cm³/mol. The molecule has 1 aliphatic rings. The largest absolute Gasteiger partial charge is 0.741 e. The molecule has 0 amide bonds. The Labute approximate surface area is 181 Å². The molecule has 0 atom stereocenters. The lowest BCUT2D eigenvalue weighted by Crippen LogP contribution is -2.25. The van der Waals surface area contributed by atoms with Crippen LogP contribution in [0.1, 0.15) is 33.6 Å². The zero-order valence-corrected chi connectivity index (χ0v) is 18.8. The molecule has 0 N–H and O–H groups in total. The Morgan fingerprint density at radius 2 is 1.65 bits per heavy atom. The zero-order chi connectivity index (χ0) is 23.4. The first-order valence-electron chi connectivity index (χ1n) is 9.31. The van der Waals surface area contributed by atoms with Gasteiger partial charge in [-0.3, -0.25) is 0 Å². The number of carbonyl (C=O) groups excluding carboxylic acids is 1. The van der Waals surface area contributed by atoms with Gasteiger partial charge < -0.3 is 14.0 Å². The van der Waals surface area contributed by atoms with E-state index in [2.05, 4.69) is 18.2 Å². The van der Waals surface area contributed by atoms with E-state index in [1.165, 1.54) is 40.0 Å². The van der Waals surface area contributed by atoms with E-state index in [4.69, 9.17) is 22.4 Å². The van der Waals surface area contributed by atoms with Gasteiger partial charge in [-0.1, -0.05) is 18.2 Å². The third-order valence-electron chi connectivity index (χ3n) is 4.03. The third-order valence-corrected chi connectivity index (χ3v) is 7.14. The van der Waals surface area contributed by atoms with E-state index < -0.39 is 27.4 Å². The number of carbonyl (C=O) groups is 1. The minimum atomic E-state index is -6.09. The highest BCUT2D eigenvalue weighted by molar-refractivity contribution is 7.97. The van der Waals surface area contributed by atoms with Crippen molar-refractivity contribution in [3.63, 3.8) is 0 Å². The highest BCUT2D eigenvalue weighted by atomic mass is 32.2. The summed E-state index contributed by atoms with van der Waals surface area (Å²) in [6, 6.07) is 12.3. The van der Waals surface area contributed by atoms with Crippen molar-refractivity contribution in [2.75, 3.05) is 11.5 Å². The summed E-state index contributed by atoms with van der Waals surface area (Å²) in [6.07, 6.45) is 1.97. The number of hydrogen-bond donors (Lipinski definition) is 0. The van der Waals surface area contributed by atoms with Gasteiger partial charge in [-0.25, -0.2) is 13.2 Å². The van der Waals surface area contributed by atoms with E-state index in [1.54, 1.807) is 0 Å². The SMILES string of the molecule is CC(C)(C)OC(=O)Oc1ccc2cccc([S+]3CCCC3)c2c1.O=S(=O)([O-])C(F)(F)F. The van der Waals surface area contributed by atoms with Gasteiger partial charge in [-0.05, 0) is 57.2 Å². The minimum absolute atomic E-state index is 0.326. The molecule has 6 nitrogen and oxygen atoms in total. The van der Waals surface area contributed by atoms with Gasteiger partial charge in [0.15, 0.2) is 15.0 Å². The smallest absolute Gasteiger partial charge is 0.514 e. The Kier molecular flexibility index (Phi) is 7.88. The summed E-state index contributed by atoms with van der Waals surface area (Å²) in [6.45, 7) is 5.48. The Morgan fingerprint density at radius 3 is 2.16 bits per heavy atom. The summed E-state index contributed by atoms with van der Waals surface area (Å²) in [5.41, 5.74) is -6.20. The van der Waals surface area contributed by atoms with Gasteiger partial charge >= 0.3 is 11.7 Å². The lowest BCUT2D eigenvalue weighted by atomic mass is 10.1. The molecule has 0 aliphatic carbocycles. The van der Waals surface area contributed by atoms with Crippen molar-refractivity contribution in [3.8, 4) is 5.75 Å². The van der Waals surface area contributed by atoms with Crippen LogP contribution in [0.2, 0.25) is 0 Å². The Balaban J connectivity index is 0.000000366. The standard InChI is InChI=1S/C19H23O3S.CHF3O3S/c1-19(2,3)22-18(20)21-15-10-9-14-7-6-8-17(16(14)13-15)23-11-4-5-12-23;2-1(3,4)8(5,6)7/h6-10,13H,4-5,11-12H2,1-3H3;(H,5,6,7)/q+1;/p-1. The molecule has 3 rings (SSSR count). The average molecular weight is 481 g/mol. The van der Waals surface area contributed by atoms with Crippen LogP contribution in [0.5, 0.6) is 5.75 Å². The summed E-state index contributed by atoms with van der Waals surface area (Å²) in [5, 5.41) is 2.39. The van der Waals surface area contributed by atoms with Gasteiger partial charge in [0.05, 0.1) is 0 Å². The fourth-order valence-corrected chi connectivity index (χ4v) is 5.29. The molecule has 1 heterocycles. The van der Waals surface area contributed by atoms with Crippen molar-refractivity contribution >= 4 is 37.9 Å². The van der Waals surface area contributed by atoms with Crippen LogP contribution in [0.15, 0.2) is 41.3 Å². The van der Waals surface area contributed by atoms with E-state index >= 15 is 0 Å². The number of rotatable bonds is 2. The van der Waals surface area contributed by atoms with Crippen LogP contribution in [0.4, 0.5) is 18.0 Å². The molecule has 0 saturated carbocycles. The van der Waals surface area contributed by atoms with Crippen LogP contribution in [-0.2, 0) is 25.7 Å². The van der Waals surface area contributed by atoms with Crippen LogP contribution in [0.3, 0.4) is 0 Å². The average Bonchev–Trinajstić information content (AvgIpc) is 3.12. The van der Waals surface area contributed by atoms with Gasteiger partial charge in [0.2, 0.25) is 0 Å². The molecule has 1 saturated heterocycles. The molecule has 0 bridgehead atoms. The summed E-state index contributed by atoms with van der Waals surface area (Å²) in [5.74, 6) is 3.09. The van der Waals surface area contributed by atoms with Gasteiger partial charge in [0.25, 0.3) is 0 Å². The first-order valence-corrected chi connectivity index (χ1v) is 12.3. The second-order valence-corrected chi connectivity index (χ2v) is 11.3. The number of benzene rings is 2. The van der Waals surface area contributed by atoms with Crippen LogP contribution in [-0.4, -0.2) is 41.7 Å². The first kappa shape index (κ1) is 25.3. The van der Waals surface area contributed by atoms with Crippen LogP contribution in [0, 0.1) is 0 Å². The van der Waals surface area contributed by atoms with Crippen molar-refractivity contribution in [2.45, 2.75) is 49.6 Å². The minimum Gasteiger partial charge on any atom is -0.741 e. The Morgan fingerprint density at radius 1 is 1.06 bits per heavy atom. The van der Waals surface area contributed by atoms with Crippen LogP contribution < -0.4 is 4.74 Å². The fraction of sp³-hybridized carbons (Fsp3) is 0.450. The molecule has 0 spiro atoms. The third kappa shape index (κ3) is 7.58. The van der Waals surface area contributed by atoms with E-state index in [0.29, 0.717) is 16.6 Å². The number of hydrogen-bond acceptors (Lipinski definition) is 6. The molecule has 0 aromatic heterocycles. The van der Waals surface area contributed by atoms with Crippen LogP contribution >= 0.6 is 0 Å². The number of halogens is 3. The summed E-state index contributed by atoms with van der Waals surface area (Å²) >= 11 is 0. The highest BCUT2D eigenvalue weighted by Crippen LogP contribution is 2.32. The van der Waals surface area contributed by atoms with Crippen molar-refractivity contribution < 1.29 is 40.4 Å². The molecular formula is C20H23F3O6S2. The van der Waals surface area contributed by atoms with Crippen molar-refractivity contribution in [1.82, 2.24) is 0 Å². The normalized spacial score (nSPS) is 15.3. The van der Waals surface area contributed by atoms with E-state index in [-0.39, 0.29) is 0 Å². The number of fused-ring (bicyclic) bond motifs is 1. The van der Waals surface area contributed by atoms with Gasteiger partial charge in [0.1, 0.15) is 22.9 Å². The van der Waals surface area contributed by atoms with Crippen molar-refractivity contribution in [2.24, 2.45) is 0 Å². The molecule has 1 aliphatic heterocycles. The molecule has 2 aromatic carbocycles. The predicted octanol–water partition coefficient (Wildman–Crippen LogP) is 4.98. The van der Waals surface area contributed by atoms with Gasteiger partial charge in [0, 0.05) is 16.3 Å². The molecular weight excluding hydrogens is 457 g/mol. The van der Waals surface area contributed by atoms with Gasteiger partial charge in [-0.2, -0.15) is 13.2 Å². The molecule has 31 heavy (non-hydrogen) atoms. The summed E-state index contributed by atoms with van der Waals surface area (Å²) in [4.78, 5) is 13.3. The monoisotopic (exact) mass is 480 g/mol. The molecule has 172 valence electrons. The second kappa shape index (κ2) is 9.66. The lowest BCUT2D eigenvalue weighted by molar-refractivity contribution is -0.0518. The van der Waals surface area contributed by atoms with E-state index in [1.807, 2.05) is 39.0 Å². The van der Waals surface area contributed by atoms with Crippen molar-refractivity contribution in [1.29, 1.82) is 0 Å². The highest BCUT2D eigenvalue weighted by Gasteiger charge is 2.37. The summed E-state index contributed by atoms with van der Waals surface area (Å²) < 4.78 is 69.5. The molecule has 1 fully saturated rings. The first-order chi connectivity index (χ1) is 14.2. The maximum Gasteiger partial charge on any atom is 0.514 e. The van der Waals surface area contributed by atoms with Crippen LogP contribution in [0.25, 0.3) is 10.8 Å². The molecule has 11 heteroatoms. The molecule has 0 unspecified atom stereocenters. The second-order valence-electron chi connectivity index (χ2n) is 7.71. The topological polar surface area (TPSA) is 92.7 Å². The van der Waals surface area contributed by atoms with E-state index in [0.717, 1.165) is 0 Å². The van der Waals surface area contributed by atoms with Gasteiger partial charge in [-0.15, -0.1) is 0 Å². The molecule has 0 radical (unpaired) electrons. The maximum atomic E-state index is 11.9. The Hall–Kier alpha value is -1.98. The molecule has 2 aromatic rings. The maximum absolute atomic E-state index is 11.9.